The zero-order valence-corrected chi connectivity index (χ0v) is 10.7. The van der Waals surface area contributed by atoms with Crippen molar-refractivity contribution in [1.29, 1.82) is 0 Å². The first kappa shape index (κ1) is 14.4. The summed E-state index contributed by atoms with van der Waals surface area (Å²) in [5.74, 6) is -0.197. The Morgan fingerprint density at radius 2 is 1.81 bits per heavy atom. The van der Waals surface area contributed by atoms with Crippen LogP contribution < -0.4 is 0 Å². The number of nitrogens with zero attached hydrogens (tertiary/aromatic N) is 2. The molecule has 0 saturated carbocycles. The minimum atomic E-state index is -0.197. The number of hydrogen-bond donors (Lipinski definition) is 0. The number of benzene rings is 1. The fourth-order valence-electron chi connectivity index (χ4n) is 1.05. The summed E-state index contributed by atoms with van der Waals surface area (Å²) in [6, 6.07) is 7.43. The van der Waals surface area contributed by atoms with Crippen LogP contribution in [0.4, 0.5) is 0 Å². The molecule has 0 unspecified atom stereocenters. The van der Waals surface area contributed by atoms with Crippen LogP contribution in [0.1, 0.15) is 29.8 Å². The number of carbonyl (C=O) groups is 1. The number of carbonyl (C=O) groups excluding carboxylic acids is 1. The average molecular weight is 220 g/mol. The normalized spacial score (nSPS) is 9.56. The van der Waals surface area contributed by atoms with Gasteiger partial charge in [-0.3, -0.25) is 4.79 Å². The van der Waals surface area contributed by atoms with E-state index in [9.17, 15) is 4.79 Å². The van der Waals surface area contributed by atoms with Crippen molar-refractivity contribution < 1.29 is 4.79 Å². The van der Waals surface area contributed by atoms with E-state index in [1.807, 2.05) is 53.1 Å². The van der Waals surface area contributed by atoms with Crippen molar-refractivity contribution in [3.8, 4) is 0 Å². The highest BCUT2D eigenvalue weighted by atomic mass is 16.1. The number of aliphatic imine (C=N–C) groups is 1. The van der Waals surface area contributed by atoms with Gasteiger partial charge in [-0.25, -0.2) is 0 Å². The van der Waals surface area contributed by atoms with Crippen LogP contribution >= 0.6 is 0 Å². The third kappa shape index (κ3) is 4.73. The summed E-state index contributed by atoms with van der Waals surface area (Å²) in [4.78, 5) is 17.1. The Balaban J connectivity index is 0.00000106. The number of hydrogen-bond acceptors (Lipinski definition) is 1. The van der Waals surface area contributed by atoms with Gasteiger partial charge in [-0.1, -0.05) is 32.0 Å². The van der Waals surface area contributed by atoms with E-state index in [1.165, 1.54) is 6.34 Å². The largest absolute Gasteiger partial charge is 0.369 e. The van der Waals surface area contributed by atoms with Gasteiger partial charge in [0.15, 0.2) is 0 Å². The molecular formula is C13H20N2O. The first-order chi connectivity index (χ1) is 7.61. The molecule has 0 heterocycles. The summed E-state index contributed by atoms with van der Waals surface area (Å²) >= 11 is 0. The molecule has 0 aliphatic heterocycles. The van der Waals surface area contributed by atoms with Crippen molar-refractivity contribution in [3.05, 3.63) is 35.4 Å². The van der Waals surface area contributed by atoms with Crippen LogP contribution in [0.2, 0.25) is 0 Å². The van der Waals surface area contributed by atoms with E-state index < -0.39 is 0 Å². The van der Waals surface area contributed by atoms with E-state index in [1.54, 1.807) is 11.0 Å². The summed E-state index contributed by atoms with van der Waals surface area (Å²) in [6.45, 7) is 5.90. The molecule has 3 nitrogen and oxygen atoms in total. The molecule has 1 aromatic carbocycles. The Hall–Kier alpha value is -1.64. The third-order valence-corrected chi connectivity index (χ3v) is 1.78. The third-order valence-electron chi connectivity index (χ3n) is 1.78. The summed E-state index contributed by atoms with van der Waals surface area (Å²) in [7, 11) is 3.66. The molecule has 0 N–H and O–H groups in total. The van der Waals surface area contributed by atoms with E-state index in [2.05, 4.69) is 4.99 Å². The Kier molecular flexibility index (Phi) is 6.84. The molecule has 1 rings (SSSR count). The summed E-state index contributed by atoms with van der Waals surface area (Å²) in [6.07, 6.45) is 1.51. The average Bonchev–Trinajstić information content (AvgIpc) is 2.29. The first-order valence-electron chi connectivity index (χ1n) is 5.42. The maximum atomic E-state index is 11.5. The Morgan fingerprint density at radius 3 is 2.31 bits per heavy atom. The summed E-state index contributed by atoms with van der Waals surface area (Å²) in [5, 5.41) is 0. The lowest BCUT2D eigenvalue weighted by Gasteiger charge is -2.03. The second-order valence-electron chi connectivity index (χ2n) is 3.33. The molecule has 88 valence electrons. The van der Waals surface area contributed by atoms with Crippen molar-refractivity contribution in [2.45, 2.75) is 20.8 Å². The fraction of sp³-hybridized carbons (Fsp3) is 0.385. The zero-order valence-electron chi connectivity index (χ0n) is 10.7. The van der Waals surface area contributed by atoms with Crippen LogP contribution in [0.5, 0.6) is 0 Å². The van der Waals surface area contributed by atoms with Gasteiger partial charge in [0.1, 0.15) is 0 Å². The van der Waals surface area contributed by atoms with Crippen molar-refractivity contribution in [1.82, 2.24) is 4.90 Å². The van der Waals surface area contributed by atoms with Crippen LogP contribution in [0.15, 0.2) is 29.3 Å². The molecule has 0 saturated heterocycles. The zero-order chi connectivity index (χ0) is 12.6. The minimum absolute atomic E-state index is 0.197. The number of amides is 1. The van der Waals surface area contributed by atoms with Crippen LogP contribution in [-0.2, 0) is 0 Å². The fourth-order valence-corrected chi connectivity index (χ4v) is 1.05. The molecule has 0 aliphatic rings. The molecule has 1 aromatic rings. The molecule has 0 fully saturated rings. The quantitative estimate of drug-likeness (QED) is 0.567. The second kappa shape index (κ2) is 7.63. The van der Waals surface area contributed by atoms with Gasteiger partial charge in [-0.15, -0.1) is 0 Å². The predicted octanol–water partition coefficient (Wildman–Crippen LogP) is 2.75. The van der Waals surface area contributed by atoms with Crippen LogP contribution in [0, 0.1) is 6.92 Å². The Morgan fingerprint density at radius 1 is 1.25 bits per heavy atom. The van der Waals surface area contributed by atoms with E-state index >= 15 is 0 Å². The van der Waals surface area contributed by atoms with Crippen molar-refractivity contribution in [2.75, 3.05) is 14.1 Å². The summed E-state index contributed by atoms with van der Waals surface area (Å²) < 4.78 is 0. The smallest absolute Gasteiger partial charge is 0.278 e. The van der Waals surface area contributed by atoms with Gasteiger partial charge in [0.2, 0.25) is 0 Å². The van der Waals surface area contributed by atoms with Gasteiger partial charge >= 0.3 is 0 Å². The van der Waals surface area contributed by atoms with Gasteiger partial charge in [-0.2, -0.15) is 4.99 Å². The van der Waals surface area contributed by atoms with E-state index in [0.29, 0.717) is 5.56 Å². The highest BCUT2D eigenvalue weighted by molar-refractivity contribution is 5.99. The standard InChI is InChI=1S/C11H14N2O.C2H6/c1-9-6-4-5-7-10(9)11(14)12-8-13(2)3;1-2/h4-8H,1-3H3;1-2H3. The number of aryl methyl sites for hydroxylation is 1. The van der Waals surface area contributed by atoms with Gasteiger partial charge in [0, 0.05) is 19.7 Å². The lowest BCUT2D eigenvalue weighted by Crippen LogP contribution is -2.10. The molecule has 0 spiro atoms. The maximum absolute atomic E-state index is 11.5. The topological polar surface area (TPSA) is 32.7 Å². The van der Waals surface area contributed by atoms with Gasteiger partial charge in [-0.05, 0) is 18.6 Å². The highest BCUT2D eigenvalue weighted by Gasteiger charge is 2.04. The molecule has 0 aliphatic carbocycles. The Labute approximate surface area is 97.8 Å². The molecule has 1 amide bonds. The van der Waals surface area contributed by atoms with Crippen molar-refractivity contribution in [2.24, 2.45) is 4.99 Å². The minimum Gasteiger partial charge on any atom is -0.369 e. The van der Waals surface area contributed by atoms with Gasteiger partial charge in [0.05, 0.1) is 6.34 Å². The van der Waals surface area contributed by atoms with Crippen molar-refractivity contribution >= 4 is 12.2 Å². The lowest BCUT2D eigenvalue weighted by atomic mass is 10.1. The molecule has 16 heavy (non-hydrogen) atoms. The lowest BCUT2D eigenvalue weighted by molar-refractivity contribution is 0.100. The van der Waals surface area contributed by atoms with Crippen molar-refractivity contribution in [3.63, 3.8) is 0 Å². The predicted molar refractivity (Wildman–Crippen MR) is 69.0 cm³/mol. The second-order valence-corrected chi connectivity index (χ2v) is 3.33. The van der Waals surface area contributed by atoms with E-state index in [-0.39, 0.29) is 5.91 Å². The molecule has 0 atom stereocenters. The van der Waals surface area contributed by atoms with Gasteiger partial charge < -0.3 is 4.90 Å². The van der Waals surface area contributed by atoms with Gasteiger partial charge in [0.25, 0.3) is 5.91 Å². The first-order valence-corrected chi connectivity index (χ1v) is 5.42. The van der Waals surface area contributed by atoms with Crippen LogP contribution in [0.3, 0.4) is 0 Å². The molecule has 0 bridgehead atoms. The monoisotopic (exact) mass is 220 g/mol. The summed E-state index contributed by atoms with van der Waals surface area (Å²) in [5.41, 5.74) is 1.61. The van der Waals surface area contributed by atoms with Crippen LogP contribution in [-0.4, -0.2) is 31.2 Å². The molecule has 0 radical (unpaired) electrons. The Bertz CT molecular complexity index is 357. The number of rotatable bonds is 2. The molecule has 0 aromatic heterocycles. The van der Waals surface area contributed by atoms with Crippen LogP contribution in [0.25, 0.3) is 0 Å². The van der Waals surface area contributed by atoms with E-state index in [0.717, 1.165) is 5.56 Å². The highest BCUT2D eigenvalue weighted by Crippen LogP contribution is 2.07. The molecule has 3 heteroatoms. The molecular weight excluding hydrogens is 200 g/mol. The maximum Gasteiger partial charge on any atom is 0.278 e. The van der Waals surface area contributed by atoms with E-state index in [4.69, 9.17) is 0 Å². The SMILES string of the molecule is CC.Cc1ccccc1C(=O)N=CN(C)C.